The molecule has 3 aromatic rings. The molecule has 0 aliphatic heterocycles. The first kappa shape index (κ1) is 19.6. The van der Waals surface area contributed by atoms with Crippen LogP contribution in [0.15, 0.2) is 29.6 Å². The second-order valence-electron chi connectivity index (χ2n) is 5.41. The third-order valence-corrected chi connectivity index (χ3v) is 4.51. The summed E-state index contributed by atoms with van der Waals surface area (Å²) in [6.45, 7) is 0. The molecule has 1 amide bonds. The number of carbonyl (C=O) groups excluding carboxylic acids is 1. The number of nitrogens with zero attached hydrogens (tertiary/aromatic N) is 1. The summed E-state index contributed by atoms with van der Waals surface area (Å²) in [5, 5.41) is 3.90. The van der Waals surface area contributed by atoms with Gasteiger partial charge < -0.3 is 9.47 Å². The zero-order chi connectivity index (χ0) is 20.4. The summed E-state index contributed by atoms with van der Waals surface area (Å²) in [5.74, 6) is -7.68. The SMILES string of the molecule is COc1ccc(-c2csc(NC(=O)c3cc(F)c(F)c(F)c3F)n2)cc1OC. The van der Waals surface area contributed by atoms with Gasteiger partial charge in [0.2, 0.25) is 0 Å². The summed E-state index contributed by atoms with van der Waals surface area (Å²) in [7, 11) is 2.97. The second-order valence-corrected chi connectivity index (χ2v) is 6.27. The van der Waals surface area contributed by atoms with Crippen LogP contribution < -0.4 is 14.8 Å². The van der Waals surface area contributed by atoms with Crippen molar-refractivity contribution < 1.29 is 31.8 Å². The van der Waals surface area contributed by atoms with Gasteiger partial charge in [0.05, 0.1) is 25.5 Å². The minimum absolute atomic E-state index is 0.0549. The molecular formula is C18H12F4N2O3S. The van der Waals surface area contributed by atoms with Gasteiger partial charge in [-0.25, -0.2) is 22.5 Å². The molecule has 2 aromatic carbocycles. The van der Waals surface area contributed by atoms with E-state index in [4.69, 9.17) is 9.47 Å². The van der Waals surface area contributed by atoms with Crippen LogP contribution in [0, 0.1) is 23.3 Å². The number of benzene rings is 2. The van der Waals surface area contributed by atoms with E-state index in [0.29, 0.717) is 22.8 Å². The van der Waals surface area contributed by atoms with Crippen LogP contribution in [-0.4, -0.2) is 25.1 Å². The maximum atomic E-state index is 13.7. The van der Waals surface area contributed by atoms with Crippen LogP contribution >= 0.6 is 11.3 Å². The fourth-order valence-corrected chi connectivity index (χ4v) is 3.08. The van der Waals surface area contributed by atoms with E-state index < -0.39 is 34.7 Å². The number of methoxy groups -OCH3 is 2. The third kappa shape index (κ3) is 3.63. The van der Waals surface area contributed by atoms with Gasteiger partial charge in [-0.1, -0.05) is 0 Å². The summed E-state index contributed by atoms with van der Waals surface area (Å²) in [4.78, 5) is 16.3. The molecular weight excluding hydrogens is 400 g/mol. The molecule has 1 heterocycles. The Morgan fingerprint density at radius 3 is 2.39 bits per heavy atom. The van der Waals surface area contributed by atoms with E-state index in [1.54, 1.807) is 23.6 Å². The average Bonchev–Trinajstić information content (AvgIpc) is 3.16. The number of amides is 1. The van der Waals surface area contributed by atoms with Gasteiger partial charge in [-0.15, -0.1) is 11.3 Å². The number of hydrogen-bond acceptors (Lipinski definition) is 5. The lowest BCUT2D eigenvalue weighted by molar-refractivity contribution is 0.102. The van der Waals surface area contributed by atoms with E-state index in [1.807, 2.05) is 0 Å². The smallest absolute Gasteiger partial charge is 0.260 e. The van der Waals surface area contributed by atoms with E-state index in [2.05, 4.69) is 10.3 Å². The maximum absolute atomic E-state index is 13.7. The number of halogens is 4. The topological polar surface area (TPSA) is 60.5 Å². The number of rotatable bonds is 5. The quantitative estimate of drug-likeness (QED) is 0.377. The van der Waals surface area contributed by atoms with Gasteiger partial charge in [0.15, 0.2) is 39.9 Å². The molecule has 0 saturated carbocycles. The van der Waals surface area contributed by atoms with Gasteiger partial charge in [-0.3, -0.25) is 10.1 Å². The van der Waals surface area contributed by atoms with Gasteiger partial charge in [0, 0.05) is 10.9 Å². The number of hydrogen-bond donors (Lipinski definition) is 1. The summed E-state index contributed by atoms with van der Waals surface area (Å²) < 4.78 is 63.7. The predicted molar refractivity (Wildman–Crippen MR) is 94.9 cm³/mol. The first-order valence-electron chi connectivity index (χ1n) is 7.68. The Hall–Kier alpha value is -3.14. The fourth-order valence-electron chi connectivity index (χ4n) is 2.36. The normalized spacial score (nSPS) is 10.6. The predicted octanol–water partition coefficient (Wildman–Crippen LogP) is 4.64. The zero-order valence-corrected chi connectivity index (χ0v) is 15.3. The van der Waals surface area contributed by atoms with Crippen molar-refractivity contribution in [2.24, 2.45) is 0 Å². The van der Waals surface area contributed by atoms with Gasteiger partial charge >= 0.3 is 0 Å². The van der Waals surface area contributed by atoms with Crippen LogP contribution in [0.4, 0.5) is 22.7 Å². The van der Waals surface area contributed by atoms with Crippen molar-refractivity contribution in [2.75, 3.05) is 19.5 Å². The lowest BCUT2D eigenvalue weighted by Gasteiger charge is -2.08. The molecule has 1 N–H and O–H groups in total. The molecule has 0 radical (unpaired) electrons. The molecule has 0 bridgehead atoms. The highest BCUT2D eigenvalue weighted by Gasteiger charge is 2.23. The van der Waals surface area contributed by atoms with Crippen molar-refractivity contribution in [1.82, 2.24) is 4.98 Å². The van der Waals surface area contributed by atoms with Gasteiger partial charge in [0.25, 0.3) is 5.91 Å². The largest absolute Gasteiger partial charge is 0.493 e. The number of anilines is 1. The first-order valence-corrected chi connectivity index (χ1v) is 8.56. The van der Waals surface area contributed by atoms with E-state index in [9.17, 15) is 22.4 Å². The highest BCUT2D eigenvalue weighted by Crippen LogP contribution is 2.33. The lowest BCUT2D eigenvalue weighted by atomic mass is 10.1. The van der Waals surface area contributed by atoms with Gasteiger partial charge in [-0.2, -0.15) is 0 Å². The number of thiazole rings is 1. The minimum Gasteiger partial charge on any atom is -0.493 e. The Labute approximate surface area is 160 Å². The first-order chi connectivity index (χ1) is 13.3. The zero-order valence-electron chi connectivity index (χ0n) is 14.5. The van der Waals surface area contributed by atoms with Crippen molar-refractivity contribution in [3.05, 3.63) is 58.5 Å². The molecule has 146 valence electrons. The maximum Gasteiger partial charge on any atom is 0.260 e. The highest BCUT2D eigenvalue weighted by molar-refractivity contribution is 7.14. The minimum atomic E-state index is -2.06. The van der Waals surface area contributed by atoms with Crippen LogP contribution in [0.1, 0.15) is 10.4 Å². The van der Waals surface area contributed by atoms with Crippen LogP contribution in [0.25, 0.3) is 11.3 Å². The van der Waals surface area contributed by atoms with Gasteiger partial charge in [0.1, 0.15) is 0 Å². The highest BCUT2D eigenvalue weighted by atomic mass is 32.1. The van der Waals surface area contributed by atoms with E-state index in [-0.39, 0.29) is 11.2 Å². The Kier molecular flexibility index (Phi) is 5.50. The van der Waals surface area contributed by atoms with Crippen molar-refractivity contribution in [2.45, 2.75) is 0 Å². The average molecular weight is 412 g/mol. The Morgan fingerprint density at radius 2 is 1.71 bits per heavy atom. The Balaban J connectivity index is 1.85. The number of aromatic nitrogens is 1. The Morgan fingerprint density at radius 1 is 1.00 bits per heavy atom. The molecule has 0 fully saturated rings. The molecule has 0 unspecified atom stereocenters. The molecule has 3 rings (SSSR count). The summed E-state index contributed by atoms with van der Waals surface area (Å²) in [5.41, 5.74) is 0.150. The van der Waals surface area contributed by atoms with Crippen LogP contribution in [0.2, 0.25) is 0 Å². The molecule has 0 spiro atoms. The molecule has 0 aliphatic carbocycles. The van der Waals surface area contributed by atoms with Crippen LogP contribution in [0.3, 0.4) is 0 Å². The molecule has 0 saturated heterocycles. The van der Waals surface area contributed by atoms with E-state index in [0.717, 1.165) is 11.3 Å². The summed E-state index contributed by atoms with van der Waals surface area (Å²) >= 11 is 1.01. The van der Waals surface area contributed by atoms with Crippen LogP contribution in [-0.2, 0) is 0 Å². The number of nitrogens with one attached hydrogen (secondary N) is 1. The molecule has 0 atom stereocenters. The standard InChI is InChI=1S/C18H12F4N2O3S/c1-26-12-4-3-8(5-13(12)27-2)11-7-28-18(23-11)24-17(25)9-6-10(19)15(21)16(22)14(9)20/h3-7H,1-2H3,(H,23,24,25). The van der Waals surface area contributed by atoms with Gasteiger partial charge in [-0.05, 0) is 24.3 Å². The second kappa shape index (κ2) is 7.85. The van der Waals surface area contributed by atoms with Crippen molar-refractivity contribution in [1.29, 1.82) is 0 Å². The fraction of sp³-hybridized carbons (Fsp3) is 0.111. The van der Waals surface area contributed by atoms with Crippen molar-refractivity contribution >= 4 is 22.4 Å². The molecule has 1 aromatic heterocycles. The molecule has 5 nitrogen and oxygen atoms in total. The monoisotopic (exact) mass is 412 g/mol. The lowest BCUT2D eigenvalue weighted by Crippen LogP contribution is -2.16. The number of ether oxygens (including phenoxy) is 2. The third-order valence-electron chi connectivity index (χ3n) is 3.75. The molecule has 10 heteroatoms. The van der Waals surface area contributed by atoms with Crippen LogP contribution in [0.5, 0.6) is 11.5 Å². The number of carbonyl (C=O) groups is 1. The Bertz CT molecular complexity index is 1060. The molecule has 0 aliphatic rings. The van der Waals surface area contributed by atoms with E-state index >= 15 is 0 Å². The van der Waals surface area contributed by atoms with Crippen molar-refractivity contribution in [3.8, 4) is 22.8 Å². The van der Waals surface area contributed by atoms with Crippen molar-refractivity contribution in [3.63, 3.8) is 0 Å². The summed E-state index contributed by atoms with van der Waals surface area (Å²) in [6.07, 6.45) is 0. The summed E-state index contributed by atoms with van der Waals surface area (Å²) in [6, 6.07) is 5.34. The molecule has 28 heavy (non-hydrogen) atoms. The van der Waals surface area contributed by atoms with E-state index in [1.165, 1.54) is 14.2 Å².